The van der Waals surface area contributed by atoms with Crippen LogP contribution in [0.2, 0.25) is 0 Å². The van der Waals surface area contributed by atoms with Crippen LogP contribution in [0.1, 0.15) is 5.56 Å². The maximum Gasteiger partial charge on any atom is 0.264 e. The van der Waals surface area contributed by atoms with Crippen LogP contribution in [0.3, 0.4) is 0 Å². The van der Waals surface area contributed by atoms with Crippen molar-refractivity contribution in [2.75, 3.05) is 17.1 Å². The summed E-state index contributed by atoms with van der Waals surface area (Å²) < 4.78 is 43.5. The Morgan fingerprint density at radius 2 is 1.83 bits per heavy atom. The van der Waals surface area contributed by atoms with Gasteiger partial charge >= 0.3 is 0 Å². The highest BCUT2D eigenvalue weighted by Crippen LogP contribution is 2.26. The summed E-state index contributed by atoms with van der Waals surface area (Å²) in [5, 5.41) is 2.75. The van der Waals surface area contributed by atoms with Crippen LogP contribution in [0.15, 0.2) is 101 Å². The van der Waals surface area contributed by atoms with Gasteiger partial charge in [-0.05, 0) is 66.4 Å². The van der Waals surface area contributed by atoms with Gasteiger partial charge in [0.1, 0.15) is 12.4 Å². The molecule has 0 atom stereocenters. The number of carbonyl (C=O) groups excluding carboxylic acids is 1. The normalized spacial score (nSPS) is 11.3. The van der Waals surface area contributed by atoms with Gasteiger partial charge in [0.05, 0.1) is 16.9 Å². The van der Waals surface area contributed by atoms with Gasteiger partial charge in [-0.15, -0.1) is 11.8 Å². The number of nitrogens with zero attached hydrogens (tertiary/aromatic N) is 3. The number of carbonyl (C=O) groups is 1. The molecule has 0 aliphatic heterocycles. The van der Waals surface area contributed by atoms with Gasteiger partial charge in [0.2, 0.25) is 5.91 Å². The summed E-state index contributed by atoms with van der Waals surface area (Å²) in [6, 6.07) is 19.0. The molecule has 4 aromatic rings. The molecule has 0 fully saturated rings. The van der Waals surface area contributed by atoms with Crippen molar-refractivity contribution in [2.45, 2.75) is 16.3 Å². The first-order valence-corrected chi connectivity index (χ1v) is 13.3. The van der Waals surface area contributed by atoms with Gasteiger partial charge in [0, 0.05) is 29.5 Å². The number of benzene rings is 3. The summed E-state index contributed by atoms with van der Waals surface area (Å²) in [5.74, 6) is -1.11. The summed E-state index contributed by atoms with van der Waals surface area (Å²) in [5.41, 5.74) is 1.84. The van der Waals surface area contributed by atoms with Crippen LogP contribution in [0.25, 0.3) is 5.69 Å². The number of halogens is 1. The number of sulfonamides is 1. The monoisotopic (exact) mass is 510 g/mol. The summed E-state index contributed by atoms with van der Waals surface area (Å²) in [6.45, 7) is -0.286. The average molecular weight is 511 g/mol. The first-order chi connectivity index (χ1) is 16.9. The Kier molecular flexibility index (Phi) is 7.52. The standard InChI is InChI=1S/C25H23FN4O3S2/c1-34-23-9-11-24(12-10-23)35(32,33)30(22-4-2-3-20(26)15-22)17-25(31)28-16-19-5-7-21(8-6-19)29-14-13-27-18-29/h2-15,18H,16-17H2,1H3,(H,28,31). The lowest BCUT2D eigenvalue weighted by Gasteiger charge is -2.24. The molecular formula is C25H23FN4O3S2. The third-order valence-electron chi connectivity index (χ3n) is 5.26. The van der Waals surface area contributed by atoms with Crippen molar-refractivity contribution >= 4 is 33.4 Å². The van der Waals surface area contributed by atoms with Crippen molar-refractivity contribution in [1.29, 1.82) is 0 Å². The molecule has 0 saturated carbocycles. The molecule has 7 nitrogen and oxygen atoms in total. The van der Waals surface area contributed by atoms with E-state index in [1.54, 1.807) is 24.7 Å². The minimum Gasteiger partial charge on any atom is -0.350 e. The molecule has 3 aromatic carbocycles. The maximum atomic E-state index is 13.9. The Morgan fingerprint density at radius 1 is 1.09 bits per heavy atom. The number of nitrogens with one attached hydrogen (secondary N) is 1. The van der Waals surface area contributed by atoms with Crippen LogP contribution in [-0.2, 0) is 21.4 Å². The summed E-state index contributed by atoms with van der Waals surface area (Å²) >= 11 is 1.48. The number of hydrogen-bond acceptors (Lipinski definition) is 5. The van der Waals surface area contributed by atoms with Crippen molar-refractivity contribution in [1.82, 2.24) is 14.9 Å². The third kappa shape index (κ3) is 5.90. The zero-order chi connectivity index (χ0) is 24.8. The molecule has 10 heteroatoms. The zero-order valence-corrected chi connectivity index (χ0v) is 20.5. The van der Waals surface area contributed by atoms with E-state index in [-0.39, 0.29) is 17.1 Å². The lowest BCUT2D eigenvalue weighted by Crippen LogP contribution is -2.40. The smallest absolute Gasteiger partial charge is 0.264 e. The third-order valence-corrected chi connectivity index (χ3v) is 7.79. The molecule has 4 rings (SSSR count). The van der Waals surface area contributed by atoms with Crippen LogP contribution >= 0.6 is 11.8 Å². The summed E-state index contributed by atoms with van der Waals surface area (Å²) in [4.78, 5) is 17.7. The van der Waals surface area contributed by atoms with E-state index < -0.39 is 28.3 Å². The topological polar surface area (TPSA) is 84.3 Å². The Bertz CT molecular complexity index is 1390. The Morgan fingerprint density at radius 3 is 2.46 bits per heavy atom. The molecule has 1 amide bonds. The van der Waals surface area contributed by atoms with Gasteiger partial charge in [0.25, 0.3) is 10.0 Å². The Balaban J connectivity index is 1.51. The van der Waals surface area contributed by atoms with E-state index in [9.17, 15) is 17.6 Å². The molecule has 0 aliphatic rings. The zero-order valence-electron chi connectivity index (χ0n) is 18.8. The fourth-order valence-corrected chi connectivity index (χ4v) is 5.23. The molecule has 0 spiro atoms. The van der Waals surface area contributed by atoms with E-state index >= 15 is 0 Å². The second-order valence-corrected chi connectivity index (χ2v) is 10.3. The quantitative estimate of drug-likeness (QED) is 0.341. The van der Waals surface area contributed by atoms with E-state index in [0.717, 1.165) is 26.5 Å². The molecule has 0 saturated heterocycles. The highest BCUT2D eigenvalue weighted by molar-refractivity contribution is 7.98. The number of rotatable bonds is 9. The summed E-state index contributed by atoms with van der Waals surface area (Å²) in [7, 11) is -4.12. The SMILES string of the molecule is CSc1ccc(S(=O)(=O)N(CC(=O)NCc2ccc(-n3ccnc3)cc2)c2cccc(F)c2)cc1. The predicted molar refractivity (Wildman–Crippen MR) is 135 cm³/mol. The van der Waals surface area contributed by atoms with Crippen LogP contribution < -0.4 is 9.62 Å². The highest BCUT2D eigenvalue weighted by Gasteiger charge is 2.27. The molecule has 0 aliphatic carbocycles. The number of anilines is 1. The largest absolute Gasteiger partial charge is 0.350 e. The van der Waals surface area contributed by atoms with Crippen LogP contribution in [0, 0.1) is 5.82 Å². The molecule has 180 valence electrons. The summed E-state index contributed by atoms with van der Waals surface area (Å²) in [6.07, 6.45) is 7.08. The maximum absolute atomic E-state index is 13.9. The van der Waals surface area contributed by atoms with Gasteiger partial charge in [-0.25, -0.2) is 17.8 Å². The molecule has 0 unspecified atom stereocenters. The molecule has 1 heterocycles. The lowest BCUT2D eigenvalue weighted by molar-refractivity contribution is -0.119. The number of aromatic nitrogens is 2. The van der Waals surface area contributed by atoms with Gasteiger partial charge < -0.3 is 9.88 Å². The first kappa shape index (κ1) is 24.5. The molecule has 0 bridgehead atoms. The molecular weight excluding hydrogens is 487 g/mol. The Labute approximate surface area is 207 Å². The predicted octanol–water partition coefficient (Wildman–Crippen LogP) is 4.25. The van der Waals surface area contributed by atoms with Crippen LogP contribution in [0.5, 0.6) is 0 Å². The van der Waals surface area contributed by atoms with Gasteiger partial charge in [-0.2, -0.15) is 0 Å². The van der Waals surface area contributed by atoms with E-state index in [1.165, 1.54) is 42.1 Å². The molecule has 1 N–H and O–H groups in total. The molecule has 35 heavy (non-hydrogen) atoms. The van der Waals surface area contributed by atoms with Crippen molar-refractivity contribution in [3.8, 4) is 5.69 Å². The lowest BCUT2D eigenvalue weighted by atomic mass is 10.2. The second-order valence-electron chi connectivity index (χ2n) is 7.58. The minimum absolute atomic E-state index is 0.0162. The van der Waals surface area contributed by atoms with Crippen LogP contribution in [-0.4, -0.2) is 36.7 Å². The average Bonchev–Trinajstić information content (AvgIpc) is 3.41. The van der Waals surface area contributed by atoms with Gasteiger partial charge in [-0.3, -0.25) is 9.10 Å². The van der Waals surface area contributed by atoms with E-state index in [4.69, 9.17) is 0 Å². The molecule has 1 aromatic heterocycles. The molecule has 0 radical (unpaired) electrons. The van der Waals surface area contributed by atoms with Crippen molar-refractivity contribution in [2.24, 2.45) is 0 Å². The van der Waals surface area contributed by atoms with Crippen molar-refractivity contribution in [3.05, 3.63) is 103 Å². The number of imidazole rings is 1. The highest BCUT2D eigenvalue weighted by atomic mass is 32.2. The van der Waals surface area contributed by atoms with Crippen molar-refractivity contribution in [3.63, 3.8) is 0 Å². The second kappa shape index (κ2) is 10.7. The number of thioether (sulfide) groups is 1. The fourth-order valence-electron chi connectivity index (χ4n) is 3.41. The van der Waals surface area contributed by atoms with Gasteiger partial charge in [-0.1, -0.05) is 18.2 Å². The fraction of sp³-hybridized carbons (Fsp3) is 0.120. The van der Waals surface area contributed by atoms with E-state index in [1.807, 2.05) is 41.3 Å². The van der Waals surface area contributed by atoms with E-state index in [0.29, 0.717) is 0 Å². The number of amides is 1. The van der Waals surface area contributed by atoms with Crippen molar-refractivity contribution < 1.29 is 17.6 Å². The van der Waals surface area contributed by atoms with Gasteiger partial charge in [0.15, 0.2) is 0 Å². The van der Waals surface area contributed by atoms with E-state index in [2.05, 4.69) is 10.3 Å². The minimum atomic E-state index is -4.12. The number of hydrogen-bond donors (Lipinski definition) is 1. The van der Waals surface area contributed by atoms with Crippen LogP contribution in [0.4, 0.5) is 10.1 Å². The Hall–Kier alpha value is -3.63. The first-order valence-electron chi connectivity index (χ1n) is 10.6.